The van der Waals surface area contributed by atoms with Gasteiger partial charge in [0.15, 0.2) is 0 Å². The third-order valence-electron chi connectivity index (χ3n) is 4.46. The lowest BCUT2D eigenvalue weighted by atomic mass is 10.1. The zero-order chi connectivity index (χ0) is 16.4. The molecule has 1 aromatic carbocycles. The Labute approximate surface area is 141 Å². The average Bonchev–Trinajstić information content (AvgIpc) is 3.13. The Morgan fingerprint density at radius 1 is 1.48 bits per heavy atom. The van der Waals surface area contributed by atoms with Crippen molar-refractivity contribution in [2.45, 2.75) is 32.7 Å². The number of aromatic nitrogens is 1. The van der Waals surface area contributed by atoms with Gasteiger partial charge in [0.05, 0.1) is 12.1 Å². The van der Waals surface area contributed by atoms with Gasteiger partial charge in [0, 0.05) is 23.5 Å². The van der Waals surface area contributed by atoms with Crippen LogP contribution < -0.4 is 5.73 Å². The van der Waals surface area contributed by atoms with Crippen LogP contribution in [0.4, 0.5) is 0 Å². The molecular formula is C18H23N3OS. The maximum atomic E-state index is 12.5. The summed E-state index contributed by atoms with van der Waals surface area (Å²) in [6, 6.07) is 8.58. The Bertz CT molecular complexity index is 697. The SMILES string of the molecule is Cc1cccc(-c2nc(CC(=O)N3CC(CN)CC3C)cs2)c1. The third kappa shape index (κ3) is 3.62. The van der Waals surface area contributed by atoms with Gasteiger partial charge in [-0.05, 0) is 38.8 Å². The van der Waals surface area contributed by atoms with Gasteiger partial charge in [-0.1, -0.05) is 23.8 Å². The first-order valence-corrected chi connectivity index (χ1v) is 8.95. The van der Waals surface area contributed by atoms with E-state index in [1.807, 2.05) is 16.3 Å². The molecule has 2 heterocycles. The Morgan fingerprint density at radius 3 is 3.00 bits per heavy atom. The molecule has 0 radical (unpaired) electrons. The van der Waals surface area contributed by atoms with Crippen LogP contribution in [0.5, 0.6) is 0 Å². The van der Waals surface area contributed by atoms with Crippen LogP contribution in [0.3, 0.4) is 0 Å². The summed E-state index contributed by atoms with van der Waals surface area (Å²) in [4.78, 5) is 19.1. The van der Waals surface area contributed by atoms with Crippen molar-refractivity contribution in [3.05, 3.63) is 40.9 Å². The lowest BCUT2D eigenvalue weighted by molar-refractivity contribution is -0.131. The molecule has 122 valence electrons. The molecule has 2 unspecified atom stereocenters. The summed E-state index contributed by atoms with van der Waals surface area (Å²) in [5, 5.41) is 2.97. The minimum Gasteiger partial charge on any atom is -0.339 e. The second-order valence-corrected chi connectivity index (χ2v) is 7.28. The summed E-state index contributed by atoms with van der Waals surface area (Å²) < 4.78 is 0. The van der Waals surface area contributed by atoms with Crippen molar-refractivity contribution < 1.29 is 4.79 Å². The first-order valence-electron chi connectivity index (χ1n) is 8.07. The molecule has 4 nitrogen and oxygen atoms in total. The maximum absolute atomic E-state index is 12.5. The lowest BCUT2D eigenvalue weighted by Gasteiger charge is -2.21. The number of rotatable bonds is 4. The van der Waals surface area contributed by atoms with Crippen molar-refractivity contribution in [1.82, 2.24) is 9.88 Å². The Morgan fingerprint density at radius 2 is 2.30 bits per heavy atom. The zero-order valence-electron chi connectivity index (χ0n) is 13.7. The number of likely N-dealkylation sites (tertiary alicyclic amines) is 1. The number of thiazole rings is 1. The molecular weight excluding hydrogens is 306 g/mol. The average molecular weight is 329 g/mol. The fourth-order valence-electron chi connectivity index (χ4n) is 3.22. The van der Waals surface area contributed by atoms with E-state index in [0.29, 0.717) is 18.9 Å². The summed E-state index contributed by atoms with van der Waals surface area (Å²) in [7, 11) is 0. The number of hydrogen-bond acceptors (Lipinski definition) is 4. The highest BCUT2D eigenvalue weighted by molar-refractivity contribution is 7.13. The zero-order valence-corrected chi connectivity index (χ0v) is 14.5. The van der Waals surface area contributed by atoms with E-state index < -0.39 is 0 Å². The summed E-state index contributed by atoms with van der Waals surface area (Å²) in [6.07, 6.45) is 1.39. The van der Waals surface area contributed by atoms with Gasteiger partial charge in [-0.3, -0.25) is 4.79 Å². The molecule has 1 aliphatic heterocycles. The van der Waals surface area contributed by atoms with Crippen molar-refractivity contribution in [3.63, 3.8) is 0 Å². The fraction of sp³-hybridized carbons (Fsp3) is 0.444. The molecule has 1 aromatic heterocycles. The van der Waals surface area contributed by atoms with Crippen molar-refractivity contribution in [1.29, 1.82) is 0 Å². The smallest absolute Gasteiger partial charge is 0.228 e. The standard InChI is InChI=1S/C18H23N3OS/c1-12-4-3-5-15(6-12)18-20-16(11-23-18)8-17(22)21-10-14(9-19)7-13(21)2/h3-6,11,13-14H,7-10,19H2,1-2H3. The molecule has 0 spiro atoms. The van der Waals surface area contributed by atoms with Gasteiger partial charge in [0.25, 0.3) is 0 Å². The molecule has 1 aliphatic rings. The van der Waals surface area contributed by atoms with Gasteiger partial charge in [0.2, 0.25) is 5.91 Å². The normalized spacial score (nSPS) is 20.9. The molecule has 0 saturated carbocycles. The predicted molar refractivity (Wildman–Crippen MR) is 94.3 cm³/mol. The molecule has 1 fully saturated rings. The van der Waals surface area contributed by atoms with E-state index in [9.17, 15) is 4.79 Å². The van der Waals surface area contributed by atoms with Gasteiger partial charge in [-0.15, -0.1) is 11.3 Å². The highest BCUT2D eigenvalue weighted by atomic mass is 32.1. The fourth-order valence-corrected chi connectivity index (χ4v) is 4.03. The summed E-state index contributed by atoms with van der Waals surface area (Å²) in [6.45, 7) is 5.62. The van der Waals surface area contributed by atoms with Gasteiger partial charge in [-0.25, -0.2) is 4.98 Å². The van der Waals surface area contributed by atoms with Crippen LogP contribution in [0.25, 0.3) is 10.6 Å². The van der Waals surface area contributed by atoms with Crippen LogP contribution in [0.2, 0.25) is 0 Å². The lowest BCUT2D eigenvalue weighted by Crippen LogP contribution is -2.35. The second kappa shape index (κ2) is 6.81. The minimum atomic E-state index is 0.162. The second-order valence-electron chi connectivity index (χ2n) is 6.42. The number of nitrogens with zero attached hydrogens (tertiary/aromatic N) is 2. The van der Waals surface area contributed by atoms with Crippen molar-refractivity contribution in [3.8, 4) is 10.6 Å². The Kier molecular flexibility index (Phi) is 4.78. The number of benzene rings is 1. The molecule has 2 aromatic rings. The van der Waals surface area contributed by atoms with Crippen LogP contribution in [0.15, 0.2) is 29.6 Å². The maximum Gasteiger partial charge on any atom is 0.228 e. The third-order valence-corrected chi connectivity index (χ3v) is 5.40. The first-order chi connectivity index (χ1) is 11.1. The van der Waals surface area contributed by atoms with Gasteiger partial charge in [0.1, 0.15) is 5.01 Å². The molecule has 0 aliphatic carbocycles. The van der Waals surface area contributed by atoms with E-state index >= 15 is 0 Å². The minimum absolute atomic E-state index is 0.162. The highest BCUT2D eigenvalue weighted by Crippen LogP contribution is 2.26. The van der Waals surface area contributed by atoms with E-state index in [1.165, 1.54) is 5.56 Å². The largest absolute Gasteiger partial charge is 0.339 e. The number of carbonyl (C=O) groups is 1. The first kappa shape index (κ1) is 16.1. The van der Waals surface area contributed by atoms with Crippen molar-refractivity contribution in [2.24, 2.45) is 11.7 Å². The van der Waals surface area contributed by atoms with Gasteiger partial charge in [-0.2, -0.15) is 0 Å². The molecule has 1 saturated heterocycles. The van der Waals surface area contributed by atoms with Crippen LogP contribution >= 0.6 is 11.3 Å². The van der Waals surface area contributed by atoms with E-state index in [-0.39, 0.29) is 11.9 Å². The summed E-state index contributed by atoms with van der Waals surface area (Å²) in [5.74, 6) is 0.599. The van der Waals surface area contributed by atoms with Gasteiger partial charge < -0.3 is 10.6 Å². The topological polar surface area (TPSA) is 59.2 Å². The highest BCUT2D eigenvalue weighted by Gasteiger charge is 2.31. The number of carbonyl (C=O) groups excluding carboxylic acids is 1. The number of hydrogen-bond donors (Lipinski definition) is 1. The molecule has 5 heteroatoms. The van der Waals surface area contributed by atoms with E-state index in [1.54, 1.807) is 11.3 Å². The molecule has 3 rings (SSSR count). The van der Waals surface area contributed by atoms with Crippen molar-refractivity contribution >= 4 is 17.2 Å². The van der Waals surface area contributed by atoms with Crippen LogP contribution in [0, 0.1) is 12.8 Å². The monoisotopic (exact) mass is 329 g/mol. The Balaban J connectivity index is 1.68. The van der Waals surface area contributed by atoms with E-state index in [4.69, 9.17) is 5.73 Å². The van der Waals surface area contributed by atoms with Crippen LogP contribution in [-0.4, -0.2) is 34.9 Å². The predicted octanol–water partition coefficient (Wildman–Crippen LogP) is 2.86. The van der Waals surface area contributed by atoms with Gasteiger partial charge >= 0.3 is 0 Å². The quantitative estimate of drug-likeness (QED) is 0.938. The number of amides is 1. The summed E-state index contributed by atoms with van der Waals surface area (Å²) in [5.41, 5.74) is 8.94. The van der Waals surface area contributed by atoms with E-state index in [2.05, 4.69) is 37.0 Å². The van der Waals surface area contributed by atoms with E-state index in [0.717, 1.165) is 29.2 Å². The van der Waals surface area contributed by atoms with Crippen LogP contribution in [0.1, 0.15) is 24.6 Å². The Hall–Kier alpha value is -1.72. The molecule has 2 atom stereocenters. The summed E-state index contributed by atoms with van der Waals surface area (Å²) >= 11 is 1.60. The number of nitrogens with two attached hydrogens (primary N) is 1. The number of aryl methyl sites for hydroxylation is 1. The van der Waals surface area contributed by atoms with Crippen LogP contribution in [-0.2, 0) is 11.2 Å². The molecule has 1 amide bonds. The molecule has 2 N–H and O–H groups in total. The van der Waals surface area contributed by atoms with Crippen molar-refractivity contribution in [2.75, 3.05) is 13.1 Å². The molecule has 23 heavy (non-hydrogen) atoms. The molecule has 0 bridgehead atoms.